The quantitative estimate of drug-likeness (QED) is 0.152. The first-order chi connectivity index (χ1) is 21.2. The third-order valence-electron chi connectivity index (χ3n) is 9.93. The second kappa shape index (κ2) is 9.25. The molecule has 7 aromatic carbocycles. The first kappa shape index (κ1) is 24.6. The molecule has 9 rings (SSSR count). The van der Waals surface area contributed by atoms with Crippen LogP contribution in [0, 0.1) is 5.92 Å². The predicted octanol–water partition coefficient (Wildman–Crippen LogP) is 8.04. The standard InChI is InChI=1S/C42H30B/c1-26-24-37-33-20-8-6-16-29(33)31-18-10-12-22-35(31)39(37)41(26)43(28-14-4-3-5-15-28)42-27(2)25-38-34-21-9-7-17-30(34)32-19-11-13-23-36(32)40(38)42/h3-26H,1-2H3/q-1. The van der Waals surface area contributed by atoms with E-state index in [2.05, 4.69) is 153 Å². The third kappa shape index (κ3) is 3.43. The minimum absolute atomic E-state index is 0.125. The minimum atomic E-state index is 0.125. The van der Waals surface area contributed by atoms with Gasteiger partial charge in [0.15, 0.2) is 0 Å². The van der Waals surface area contributed by atoms with E-state index in [-0.39, 0.29) is 6.35 Å². The SMILES string of the molecule is CC1=Cc2c(c3ccccc3c3ccccc23)C1=[B-](C1=c2c(c3ccccc3c3ccccc23)=CC1C)c1ccccc1. The van der Waals surface area contributed by atoms with Crippen LogP contribution in [0.15, 0.2) is 133 Å². The van der Waals surface area contributed by atoms with Gasteiger partial charge in [0.05, 0.1) is 0 Å². The first-order valence-corrected chi connectivity index (χ1v) is 15.4. The zero-order chi connectivity index (χ0) is 28.7. The van der Waals surface area contributed by atoms with E-state index in [1.54, 1.807) is 0 Å². The molecule has 0 nitrogen and oxygen atoms in total. The van der Waals surface area contributed by atoms with Gasteiger partial charge in [0.25, 0.3) is 0 Å². The average Bonchev–Trinajstić information content (AvgIpc) is 3.59. The van der Waals surface area contributed by atoms with Crippen LogP contribution in [-0.4, -0.2) is 11.8 Å². The summed E-state index contributed by atoms with van der Waals surface area (Å²) in [6, 6.07) is 47.2. The van der Waals surface area contributed by atoms with Gasteiger partial charge in [-0.2, -0.15) is 0 Å². The molecule has 0 saturated heterocycles. The maximum absolute atomic E-state index is 2.53. The van der Waals surface area contributed by atoms with Crippen molar-refractivity contribution in [3.05, 3.63) is 155 Å². The number of benzene rings is 7. The lowest BCUT2D eigenvalue weighted by Gasteiger charge is -2.32. The van der Waals surface area contributed by atoms with Crippen molar-refractivity contribution in [3.63, 3.8) is 0 Å². The fourth-order valence-corrected chi connectivity index (χ4v) is 8.25. The molecule has 0 saturated carbocycles. The highest BCUT2D eigenvalue weighted by atomic mass is 14.3. The maximum Gasteiger partial charge on any atom is -0.00990 e. The van der Waals surface area contributed by atoms with Crippen molar-refractivity contribution in [2.45, 2.75) is 13.8 Å². The van der Waals surface area contributed by atoms with E-state index < -0.39 is 0 Å². The van der Waals surface area contributed by atoms with Crippen molar-refractivity contribution >= 4 is 78.0 Å². The van der Waals surface area contributed by atoms with Crippen LogP contribution in [-0.2, 0) is 0 Å². The molecule has 0 aliphatic heterocycles. The molecule has 1 atom stereocenters. The van der Waals surface area contributed by atoms with E-state index in [0.717, 1.165) is 0 Å². The van der Waals surface area contributed by atoms with Gasteiger partial charge in [-0.25, -0.2) is 16.4 Å². The smallest absolute Gasteiger partial charge is 0.00990 e. The van der Waals surface area contributed by atoms with Gasteiger partial charge in [-0.15, -0.1) is 0 Å². The Kier molecular flexibility index (Phi) is 5.29. The molecule has 0 spiro atoms. The van der Waals surface area contributed by atoms with Crippen LogP contribution in [0.5, 0.6) is 0 Å². The largest absolute Gasteiger partial charge is 0.230 e. The molecular formula is C42H30B-. The number of fused-ring (bicyclic) bond motifs is 12. The highest BCUT2D eigenvalue weighted by Crippen LogP contribution is 2.40. The van der Waals surface area contributed by atoms with Crippen molar-refractivity contribution < 1.29 is 0 Å². The Morgan fingerprint density at radius 2 is 1.00 bits per heavy atom. The number of rotatable bonds is 2. The first-order valence-electron chi connectivity index (χ1n) is 15.4. The Morgan fingerprint density at radius 3 is 1.67 bits per heavy atom. The summed E-state index contributed by atoms with van der Waals surface area (Å²) in [5, 5.41) is 13.5. The van der Waals surface area contributed by atoms with Gasteiger partial charge in [0, 0.05) is 0 Å². The summed E-state index contributed by atoms with van der Waals surface area (Å²) < 4.78 is 0. The van der Waals surface area contributed by atoms with Crippen molar-refractivity contribution in [2.75, 3.05) is 0 Å². The Labute approximate surface area is 251 Å². The van der Waals surface area contributed by atoms with E-state index in [4.69, 9.17) is 0 Å². The minimum Gasteiger partial charge on any atom is -0.230 e. The summed E-state index contributed by atoms with van der Waals surface area (Å²) >= 11 is 0. The van der Waals surface area contributed by atoms with Crippen LogP contribution in [0.2, 0.25) is 0 Å². The average molecular weight is 546 g/mol. The summed E-state index contributed by atoms with van der Waals surface area (Å²) in [7, 11) is 0. The zero-order valence-corrected chi connectivity index (χ0v) is 24.4. The highest BCUT2D eigenvalue weighted by Gasteiger charge is 2.23. The van der Waals surface area contributed by atoms with Gasteiger partial charge in [-0.05, 0) is 77.5 Å². The summed E-state index contributed by atoms with van der Waals surface area (Å²) in [4.78, 5) is 0. The van der Waals surface area contributed by atoms with Gasteiger partial charge in [0.1, 0.15) is 0 Å². The van der Waals surface area contributed by atoms with Gasteiger partial charge in [-0.3, -0.25) is 0 Å². The molecule has 0 heterocycles. The molecule has 202 valence electrons. The fourth-order valence-electron chi connectivity index (χ4n) is 8.25. The summed E-state index contributed by atoms with van der Waals surface area (Å²) in [6.07, 6.45) is 5.11. The molecule has 1 heteroatoms. The van der Waals surface area contributed by atoms with Gasteiger partial charge in [-0.1, -0.05) is 158 Å². The topological polar surface area (TPSA) is 0 Å². The number of hydrogen-bond donors (Lipinski definition) is 0. The van der Waals surface area contributed by atoms with E-state index in [1.807, 2.05) is 0 Å². The fraction of sp³-hybridized carbons (Fsp3) is 0.0714. The highest BCUT2D eigenvalue weighted by molar-refractivity contribution is 6.98. The lowest BCUT2D eigenvalue weighted by Crippen LogP contribution is -2.38. The van der Waals surface area contributed by atoms with Crippen molar-refractivity contribution in [1.29, 1.82) is 0 Å². The Balaban J connectivity index is 1.54. The molecule has 0 aromatic heterocycles. The van der Waals surface area contributed by atoms with Crippen molar-refractivity contribution in [1.82, 2.24) is 0 Å². The second-order valence-electron chi connectivity index (χ2n) is 12.3. The Bertz CT molecular complexity index is 2510. The van der Waals surface area contributed by atoms with Crippen LogP contribution in [0.25, 0.3) is 60.7 Å². The van der Waals surface area contributed by atoms with Crippen LogP contribution < -0.4 is 15.9 Å². The van der Waals surface area contributed by atoms with Crippen LogP contribution in [0.1, 0.15) is 25.0 Å². The molecular weight excluding hydrogens is 515 g/mol. The number of allylic oxidation sites excluding steroid dienone is 1. The molecule has 0 N–H and O–H groups in total. The molecule has 1 unspecified atom stereocenters. The van der Waals surface area contributed by atoms with Crippen LogP contribution >= 0.6 is 0 Å². The van der Waals surface area contributed by atoms with E-state index >= 15 is 0 Å². The normalized spacial score (nSPS) is 16.9. The molecule has 0 amide bonds. The molecule has 2 aliphatic rings. The van der Waals surface area contributed by atoms with Gasteiger partial charge in [0.2, 0.25) is 0 Å². The molecule has 0 bridgehead atoms. The molecule has 2 aliphatic carbocycles. The monoisotopic (exact) mass is 545 g/mol. The van der Waals surface area contributed by atoms with Crippen molar-refractivity contribution in [2.24, 2.45) is 5.92 Å². The summed E-state index contributed by atoms with van der Waals surface area (Å²) in [6.45, 7) is 4.74. The lowest BCUT2D eigenvalue weighted by molar-refractivity contribution is 1.06. The maximum atomic E-state index is 2.53. The van der Waals surface area contributed by atoms with E-state index in [1.165, 1.54) is 86.6 Å². The molecule has 43 heavy (non-hydrogen) atoms. The van der Waals surface area contributed by atoms with Crippen LogP contribution in [0.3, 0.4) is 0 Å². The van der Waals surface area contributed by atoms with E-state index in [0.29, 0.717) is 5.92 Å². The summed E-state index contributed by atoms with van der Waals surface area (Å²) in [5.41, 5.74) is 8.44. The third-order valence-corrected chi connectivity index (χ3v) is 9.93. The molecule has 7 aromatic rings. The van der Waals surface area contributed by atoms with E-state index in [9.17, 15) is 0 Å². The Morgan fingerprint density at radius 1 is 0.512 bits per heavy atom. The van der Waals surface area contributed by atoms with Gasteiger partial charge >= 0.3 is 0 Å². The van der Waals surface area contributed by atoms with Gasteiger partial charge < -0.3 is 0 Å². The Hall–Kier alpha value is -5.01. The second-order valence-corrected chi connectivity index (χ2v) is 12.3. The zero-order valence-electron chi connectivity index (χ0n) is 24.4. The lowest BCUT2D eigenvalue weighted by atomic mass is 9.44. The van der Waals surface area contributed by atoms with Crippen LogP contribution in [0.4, 0.5) is 0 Å². The van der Waals surface area contributed by atoms with Crippen molar-refractivity contribution in [3.8, 4) is 0 Å². The molecule has 0 radical (unpaired) electrons. The number of hydrogen-bond acceptors (Lipinski definition) is 0. The predicted molar refractivity (Wildman–Crippen MR) is 189 cm³/mol. The summed E-state index contributed by atoms with van der Waals surface area (Å²) in [5.74, 6) is 0.297. The molecule has 0 fully saturated rings.